The quantitative estimate of drug-likeness (QED) is 0.781. The molecule has 0 aliphatic carbocycles. The Morgan fingerprint density at radius 3 is 2.41 bits per heavy atom. The van der Waals surface area contributed by atoms with E-state index in [1.54, 1.807) is 37.2 Å². The molecule has 0 amide bonds. The summed E-state index contributed by atoms with van der Waals surface area (Å²) in [4.78, 5) is 1.77. The Labute approximate surface area is 153 Å². The summed E-state index contributed by atoms with van der Waals surface area (Å²) in [6, 6.07) is 8.80. The minimum Gasteiger partial charge on any atom is -0.442 e. The Hall–Kier alpha value is -3.08. The molecule has 1 aliphatic rings. The lowest BCUT2D eigenvalue weighted by atomic mass is 9.77. The Morgan fingerprint density at radius 1 is 1.11 bits per heavy atom. The van der Waals surface area contributed by atoms with E-state index in [0.29, 0.717) is 17.3 Å². The summed E-state index contributed by atoms with van der Waals surface area (Å²) in [6.07, 6.45) is -4.73. The van der Waals surface area contributed by atoms with E-state index in [2.05, 4.69) is 0 Å². The third kappa shape index (κ3) is 3.33. The number of ether oxygens (including phenoxy) is 1. The van der Waals surface area contributed by atoms with E-state index in [1.807, 2.05) is 6.07 Å². The van der Waals surface area contributed by atoms with Crippen LogP contribution in [0.2, 0.25) is 0 Å². The molecule has 0 fully saturated rings. The molecule has 2 unspecified atom stereocenters. The van der Waals surface area contributed by atoms with Gasteiger partial charge in [-0.3, -0.25) is 5.41 Å². The van der Waals surface area contributed by atoms with Gasteiger partial charge in [-0.15, -0.1) is 0 Å². The van der Waals surface area contributed by atoms with Crippen molar-refractivity contribution in [1.29, 1.82) is 10.7 Å². The number of rotatable bonds is 2. The minimum absolute atomic E-state index is 0.181. The zero-order valence-corrected chi connectivity index (χ0v) is 14.4. The summed E-state index contributed by atoms with van der Waals surface area (Å²) in [6.45, 7) is 0. The van der Waals surface area contributed by atoms with Crippen LogP contribution in [0.3, 0.4) is 0 Å². The number of nitrogens with zero attached hydrogens (tertiary/aromatic N) is 2. The first-order chi connectivity index (χ1) is 12.6. The van der Waals surface area contributed by atoms with Gasteiger partial charge in [0.05, 0.1) is 11.6 Å². The first-order valence-electron chi connectivity index (χ1n) is 7.97. The van der Waals surface area contributed by atoms with E-state index in [9.17, 15) is 22.8 Å². The molecule has 3 rings (SSSR count). The van der Waals surface area contributed by atoms with Crippen molar-refractivity contribution >= 4 is 11.6 Å². The topological polar surface area (TPSA) is 60.1 Å². The molecule has 8 heteroatoms. The summed E-state index contributed by atoms with van der Waals surface area (Å²) in [5.74, 6) is -3.61. The largest absolute Gasteiger partial charge is 0.442 e. The van der Waals surface area contributed by atoms with Gasteiger partial charge in [0.15, 0.2) is 0 Å². The molecule has 1 N–H and O–H groups in total. The van der Waals surface area contributed by atoms with Crippen molar-refractivity contribution in [2.45, 2.75) is 12.1 Å². The molecule has 0 aromatic heterocycles. The van der Waals surface area contributed by atoms with Crippen LogP contribution in [0.5, 0.6) is 5.75 Å². The van der Waals surface area contributed by atoms with Gasteiger partial charge < -0.3 is 9.64 Å². The first kappa shape index (κ1) is 18.7. The highest BCUT2D eigenvalue weighted by Crippen LogP contribution is 2.47. The molecule has 2 atom stereocenters. The van der Waals surface area contributed by atoms with Crippen molar-refractivity contribution in [1.82, 2.24) is 0 Å². The van der Waals surface area contributed by atoms with Gasteiger partial charge >= 0.3 is 6.18 Å². The van der Waals surface area contributed by atoms with Gasteiger partial charge in [-0.1, -0.05) is 6.07 Å². The number of anilines is 1. The minimum atomic E-state index is -4.73. The van der Waals surface area contributed by atoms with Crippen LogP contribution in [-0.4, -0.2) is 20.0 Å². The molecule has 0 saturated carbocycles. The Bertz CT molecular complexity index is 947. The van der Waals surface area contributed by atoms with Crippen LogP contribution in [0.15, 0.2) is 36.4 Å². The van der Waals surface area contributed by atoms with Crippen LogP contribution in [0.25, 0.3) is 0 Å². The zero-order chi connectivity index (χ0) is 19.9. The molecule has 4 nitrogen and oxygen atoms in total. The predicted octanol–water partition coefficient (Wildman–Crippen LogP) is 4.55. The monoisotopic (exact) mass is 377 g/mol. The highest BCUT2D eigenvalue weighted by atomic mass is 19.4. The van der Waals surface area contributed by atoms with Crippen molar-refractivity contribution in [3.8, 4) is 11.8 Å². The summed E-state index contributed by atoms with van der Waals surface area (Å²) in [5, 5.41) is 17.5. The number of hydrogen-bond acceptors (Lipinski definition) is 4. The van der Waals surface area contributed by atoms with E-state index in [4.69, 9.17) is 10.1 Å². The number of alkyl halides is 3. The number of fused-ring (bicyclic) bond motifs is 1. The van der Waals surface area contributed by atoms with Crippen molar-refractivity contribution in [3.63, 3.8) is 0 Å². The number of nitriles is 1. The van der Waals surface area contributed by atoms with E-state index < -0.39 is 35.3 Å². The molecule has 0 spiro atoms. The third-order valence-corrected chi connectivity index (χ3v) is 4.48. The summed E-state index contributed by atoms with van der Waals surface area (Å²) in [7, 11) is 3.56. The second-order valence-electron chi connectivity index (χ2n) is 6.40. The maximum atomic E-state index is 13.8. The zero-order valence-electron chi connectivity index (χ0n) is 14.4. The van der Waals surface area contributed by atoms with Crippen LogP contribution < -0.4 is 9.64 Å². The molecule has 2 aromatic rings. The molecule has 2 aromatic carbocycles. The highest BCUT2D eigenvalue weighted by Gasteiger charge is 2.42. The summed E-state index contributed by atoms with van der Waals surface area (Å²) < 4.78 is 59.8. The first-order valence-corrected chi connectivity index (χ1v) is 7.97. The van der Waals surface area contributed by atoms with Crippen LogP contribution in [0.1, 0.15) is 22.6 Å². The Kier molecular flexibility index (Phi) is 4.56. The highest BCUT2D eigenvalue weighted by molar-refractivity contribution is 5.85. The fraction of sp³-hybridized carbons (Fsp3) is 0.263. The fourth-order valence-electron chi connectivity index (χ4n) is 3.19. The standard InChI is InChI=1S/C19H15F4N3O/c1-26(2)11-4-5-12-16(8-11)27-18(25)14(9-24)17(12)13-7-10(20)3-6-15(13)19(21,22)23/h3-8,14,17,25H,1-2H3. The van der Waals surface area contributed by atoms with Crippen molar-refractivity contribution in [2.75, 3.05) is 19.0 Å². The van der Waals surface area contributed by atoms with E-state index in [0.717, 1.165) is 12.1 Å². The van der Waals surface area contributed by atoms with Crippen LogP contribution in [0.4, 0.5) is 23.2 Å². The van der Waals surface area contributed by atoms with Crippen LogP contribution >= 0.6 is 0 Å². The SMILES string of the molecule is CN(C)c1ccc2c(c1)OC(=N)C(C#N)C2c1cc(F)ccc1C(F)(F)F. The molecule has 1 heterocycles. The lowest BCUT2D eigenvalue weighted by molar-refractivity contribution is -0.138. The maximum Gasteiger partial charge on any atom is 0.416 e. The van der Waals surface area contributed by atoms with Crippen LogP contribution in [0, 0.1) is 28.5 Å². The van der Waals surface area contributed by atoms with Crippen molar-refractivity contribution < 1.29 is 22.3 Å². The summed E-state index contributed by atoms with van der Waals surface area (Å²) in [5.41, 5.74) is -0.405. The molecule has 0 saturated heterocycles. The van der Waals surface area contributed by atoms with E-state index in [-0.39, 0.29) is 11.3 Å². The van der Waals surface area contributed by atoms with Gasteiger partial charge in [-0.25, -0.2) is 4.39 Å². The lowest BCUT2D eigenvalue weighted by Crippen LogP contribution is -2.32. The molecule has 1 aliphatic heterocycles. The maximum absolute atomic E-state index is 13.8. The number of hydrogen-bond donors (Lipinski definition) is 1. The van der Waals surface area contributed by atoms with E-state index >= 15 is 0 Å². The number of benzene rings is 2. The van der Waals surface area contributed by atoms with Gasteiger partial charge in [0.25, 0.3) is 0 Å². The molecule has 0 radical (unpaired) electrons. The lowest BCUT2D eigenvalue weighted by Gasteiger charge is -2.32. The van der Waals surface area contributed by atoms with Gasteiger partial charge in [0.1, 0.15) is 17.5 Å². The van der Waals surface area contributed by atoms with Gasteiger partial charge in [-0.05, 0) is 29.8 Å². The normalized spacial score (nSPS) is 19.1. The number of halogens is 4. The second kappa shape index (κ2) is 6.58. The van der Waals surface area contributed by atoms with Gasteiger partial charge in [-0.2, -0.15) is 18.4 Å². The summed E-state index contributed by atoms with van der Waals surface area (Å²) >= 11 is 0. The number of nitrogens with one attached hydrogen (secondary N) is 1. The second-order valence-corrected chi connectivity index (χ2v) is 6.40. The molecular weight excluding hydrogens is 362 g/mol. The van der Waals surface area contributed by atoms with Gasteiger partial charge in [0, 0.05) is 37.3 Å². The molecule has 27 heavy (non-hydrogen) atoms. The van der Waals surface area contributed by atoms with Crippen molar-refractivity contribution in [3.05, 3.63) is 58.9 Å². The Balaban J connectivity index is 2.28. The third-order valence-electron chi connectivity index (χ3n) is 4.48. The van der Waals surface area contributed by atoms with Gasteiger partial charge in [0.2, 0.25) is 5.90 Å². The Morgan fingerprint density at radius 2 is 1.81 bits per heavy atom. The molecular formula is C19H15F4N3O. The van der Waals surface area contributed by atoms with Crippen LogP contribution in [-0.2, 0) is 6.18 Å². The smallest absolute Gasteiger partial charge is 0.416 e. The van der Waals surface area contributed by atoms with E-state index in [1.165, 1.54) is 0 Å². The fourth-order valence-corrected chi connectivity index (χ4v) is 3.19. The predicted molar refractivity (Wildman–Crippen MR) is 91.5 cm³/mol. The average Bonchev–Trinajstić information content (AvgIpc) is 2.58. The van der Waals surface area contributed by atoms with Crippen molar-refractivity contribution in [2.24, 2.45) is 5.92 Å². The molecule has 140 valence electrons. The average molecular weight is 377 g/mol. The molecule has 0 bridgehead atoms.